The number of hydrogen-bond acceptors (Lipinski definition) is 9. The van der Waals surface area contributed by atoms with Crippen molar-refractivity contribution in [2.45, 2.75) is 63.5 Å². The monoisotopic (exact) mass is 610 g/mol. The number of carbonyl (C=O) groups is 5. The number of methoxy groups -OCH3 is 2. The summed E-state index contributed by atoms with van der Waals surface area (Å²) in [6, 6.07) is -0.602. The van der Waals surface area contributed by atoms with Crippen LogP contribution in [0.1, 0.15) is 42.5 Å². The van der Waals surface area contributed by atoms with E-state index in [1.54, 1.807) is 6.20 Å². The number of aromatic nitrogens is 1. The van der Waals surface area contributed by atoms with Crippen LogP contribution in [0.25, 0.3) is 0 Å². The molecule has 0 saturated carbocycles. The highest BCUT2D eigenvalue weighted by Gasteiger charge is 2.38. The minimum Gasteiger partial charge on any atom is -0.475 e. The Balaban J connectivity index is 0. The van der Waals surface area contributed by atoms with Gasteiger partial charge in [0.15, 0.2) is 0 Å². The largest absolute Gasteiger partial charge is 0.490 e. The van der Waals surface area contributed by atoms with Gasteiger partial charge in [-0.2, -0.15) is 26.3 Å². The molecule has 0 bridgehead atoms. The van der Waals surface area contributed by atoms with E-state index in [2.05, 4.69) is 15.0 Å². The van der Waals surface area contributed by atoms with E-state index in [9.17, 15) is 40.7 Å². The Bertz CT molecular complexity index is 973. The molecule has 1 rings (SSSR count). The number of nitrogens with two attached hydrogens (primary N) is 2. The fraction of sp³-hybridized carbons (Fsp3) is 0.591. The van der Waals surface area contributed by atoms with Gasteiger partial charge in [-0.1, -0.05) is 6.42 Å². The van der Waals surface area contributed by atoms with Crippen LogP contribution in [-0.2, 0) is 52.8 Å². The summed E-state index contributed by atoms with van der Waals surface area (Å²) >= 11 is 0. The molecule has 1 aromatic rings. The Hall–Kier alpha value is -3.87. The van der Waals surface area contributed by atoms with E-state index >= 15 is 0 Å². The summed E-state index contributed by atoms with van der Waals surface area (Å²) in [6.45, 7) is 0.774. The number of aliphatic carboxylic acids is 2. The summed E-state index contributed by atoms with van der Waals surface area (Å²) in [4.78, 5) is 56.1. The van der Waals surface area contributed by atoms with Crippen molar-refractivity contribution in [1.82, 2.24) is 10.3 Å². The Morgan fingerprint density at radius 3 is 1.85 bits per heavy atom. The SMILES string of the molecule is COC(=O)CCc1c[nH]c(CNC(=O)[C@@H](N)CCCCN)c1CC(=O)OC.O=C(O)C(F)(F)F.O=C(O)C(F)(F)F. The second kappa shape index (κ2) is 19.2. The molecule has 0 aromatic carbocycles. The highest BCUT2D eigenvalue weighted by atomic mass is 19.4. The van der Waals surface area contributed by atoms with Gasteiger partial charge in [-0.3, -0.25) is 14.4 Å². The van der Waals surface area contributed by atoms with Crippen molar-refractivity contribution >= 4 is 29.8 Å². The zero-order valence-electron chi connectivity index (χ0n) is 22.0. The molecule has 0 unspecified atom stereocenters. The number of carbonyl (C=O) groups excluding carboxylic acids is 3. The van der Waals surface area contributed by atoms with E-state index in [-0.39, 0.29) is 31.3 Å². The number of esters is 2. The summed E-state index contributed by atoms with van der Waals surface area (Å²) in [5.74, 6) is -6.51. The third-order valence-corrected chi connectivity index (χ3v) is 4.78. The van der Waals surface area contributed by atoms with Gasteiger partial charge in [-0.25, -0.2) is 9.59 Å². The van der Waals surface area contributed by atoms with E-state index < -0.39 is 36.3 Å². The molecule has 1 aromatic heterocycles. The molecule has 1 amide bonds. The van der Waals surface area contributed by atoms with Crippen LogP contribution >= 0.6 is 0 Å². The van der Waals surface area contributed by atoms with E-state index in [0.717, 1.165) is 18.4 Å². The number of rotatable bonds is 12. The van der Waals surface area contributed by atoms with Crippen LogP contribution in [0.3, 0.4) is 0 Å². The lowest BCUT2D eigenvalue weighted by Gasteiger charge is -2.13. The normalized spacial score (nSPS) is 11.6. The Labute approximate surface area is 229 Å². The van der Waals surface area contributed by atoms with Gasteiger partial charge in [0.25, 0.3) is 0 Å². The summed E-state index contributed by atoms with van der Waals surface area (Å²) in [7, 11) is 2.64. The number of aryl methyl sites for hydroxylation is 1. The second-order valence-corrected chi connectivity index (χ2v) is 7.81. The molecule has 236 valence electrons. The fourth-order valence-electron chi connectivity index (χ4n) is 2.64. The predicted molar refractivity (Wildman–Crippen MR) is 127 cm³/mol. The summed E-state index contributed by atoms with van der Waals surface area (Å²) in [6.07, 6.45) is -5.60. The van der Waals surface area contributed by atoms with Crippen LogP contribution in [0.15, 0.2) is 6.20 Å². The van der Waals surface area contributed by atoms with Gasteiger partial charge < -0.3 is 41.5 Å². The third kappa shape index (κ3) is 18.2. The zero-order valence-corrected chi connectivity index (χ0v) is 22.0. The van der Waals surface area contributed by atoms with Crippen LogP contribution in [0.4, 0.5) is 26.3 Å². The molecule has 1 heterocycles. The van der Waals surface area contributed by atoms with Crippen LogP contribution in [0.5, 0.6) is 0 Å². The van der Waals surface area contributed by atoms with Gasteiger partial charge in [0.2, 0.25) is 5.91 Å². The number of aromatic amines is 1. The maximum Gasteiger partial charge on any atom is 0.490 e. The number of unbranched alkanes of at least 4 members (excludes halogenated alkanes) is 1. The van der Waals surface area contributed by atoms with Crippen molar-refractivity contribution in [3.8, 4) is 0 Å². The number of hydrogen-bond donors (Lipinski definition) is 6. The van der Waals surface area contributed by atoms with Gasteiger partial charge in [0.1, 0.15) is 0 Å². The zero-order chi connectivity index (χ0) is 32.4. The van der Waals surface area contributed by atoms with Gasteiger partial charge in [-0.05, 0) is 36.9 Å². The van der Waals surface area contributed by atoms with Crippen LogP contribution in [-0.4, -0.2) is 84.1 Å². The molecule has 0 spiro atoms. The number of amides is 1. The number of alkyl halides is 6. The first kappa shape index (κ1) is 39.3. The van der Waals surface area contributed by atoms with Crippen LogP contribution < -0.4 is 16.8 Å². The summed E-state index contributed by atoms with van der Waals surface area (Å²) in [5, 5.41) is 17.0. The molecule has 0 saturated heterocycles. The molecule has 0 radical (unpaired) electrons. The molecule has 41 heavy (non-hydrogen) atoms. The highest BCUT2D eigenvalue weighted by molar-refractivity contribution is 5.81. The maximum atomic E-state index is 12.1. The third-order valence-electron chi connectivity index (χ3n) is 4.78. The molecule has 13 nitrogen and oxygen atoms in total. The topological polar surface area (TPSA) is 224 Å². The van der Waals surface area contributed by atoms with Crippen molar-refractivity contribution in [2.75, 3.05) is 20.8 Å². The molecule has 19 heteroatoms. The summed E-state index contributed by atoms with van der Waals surface area (Å²) in [5.41, 5.74) is 13.5. The molecular weight excluding hydrogens is 578 g/mol. The van der Waals surface area contributed by atoms with E-state index in [1.165, 1.54) is 14.2 Å². The molecule has 0 fully saturated rings. The smallest absolute Gasteiger partial charge is 0.475 e. The minimum atomic E-state index is -5.08. The fourth-order valence-corrected chi connectivity index (χ4v) is 2.64. The predicted octanol–water partition coefficient (Wildman–Crippen LogP) is 1.17. The molecule has 0 aliphatic rings. The standard InChI is InChI=1S/C18H30N4O5.2C2HF3O2/c1-26-16(23)7-6-12-10-21-15(13(12)9-17(24)27-2)11-22-18(25)14(20)5-3-4-8-19;2*3-2(4,5)1(6)7/h10,14,21H,3-9,11,19-20H2,1-2H3,(H,22,25);2*(H,6,7)/t14-;;/m0../s1. The summed E-state index contributed by atoms with van der Waals surface area (Å²) < 4.78 is 72.9. The number of carboxylic acids is 2. The van der Waals surface area contributed by atoms with Crippen LogP contribution in [0, 0.1) is 0 Å². The van der Waals surface area contributed by atoms with E-state index in [0.29, 0.717) is 30.6 Å². The van der Waals surface area contributed by atoms with Crippen molar-refractivity contribution < 1.29 is 70.0 Å². The first-order chi connectivity index (χ1) is 18.8. The molecule has 8 N–H and O–H groups in total. The average Bonchev–Trinajstić information content (AvgIpc) is 3.26. The van der Waals surface area contributed by atoms with Crippen molar-refractivity contribution in [3.05, 3.63) is 23.0 Å². The van der Waals surface area contributed by atoms with Crippen LogP contribution in [0.2, 0.25) is 0 Å². The minimum absolute atomic E-state index is 0.0459. The van der Waals surface area contributed by atoms with Crippen molar-refractivity contribution in [2.24, 2.45) is 11.5 Å². The lowest BCUT2D eigenvalue weighted by Crippen LogP contribution is -2.40. The second-order valence-electron chi connectivity index (χ2n) is 7.81. The van der Waals surface area contributed by atoms with Crippen molar-refractivity contribution in [1.29, 1.82) is 0 Å². The Morgan fingerprint density at radius 1 is 0.951 bits per heavy atom. The van der Waals surface area contributed by atoms with Gasteiger partial charge in [-0.15, -0.1) is 0 Å². The van der Waals surface area contributed by atoms with Crippen molar-refractivity contribution in [3.63, 3.8) is 0 Å². The maximum absolute atomic E-state index is 12.1. The lowest BCUT2D eigenvalue weighted by molar-refractivity contribution is -0.193. The number of carboxylic acid groups (broad SMARTS) is 2. The number of ether oxygens (including phenoxy) is 2. The van der Waals surface area contributed by atoms with Gasteiger partial charge in [0, 0.05) is 18.3 Å². The number of halogens is 6. The first-order valence-corrected chi connectivity index (χ1v) is 11.5. The Kier molecular flexibility index (Phi) is 18.4. The molecule has 0 aliphatic heterocycles. The number of nitrogens with one attached hydrogen (secondary N) is 2. The molecule has 0 aliphatic carbocycles. The molecule has 1 atom stereocenters. The van der Waals surface area contributed by atoms with E-state index in [1.807, 2.05) is 0 Å². The average molecular weight is 611 g/mol. The van der Waals surface area contributed by atoms with Gasteiger partial charge >= 0.3 is 36.2 Å². The first-order valence-electron chi connectivity index (χ1n) is 11.5. The highest BCUT2D eigenvalue weighted by Crippen LogP contribution is 2.18. The quantitative estimate of drug-likeness (QED) is 0.112. The van der Waals surface area contributed by atoms with E-state index in [4.69, 9.17) is 36.0 Å². The Morgan fingerprint density at radius 2 is 1.44 bits per heavy atom. The lowest BCUT2D eigenvalue weighted by atomic mass is 10.0. The van der Waals surface area contributed by atoms with Gasteiger partial charge in [0.05, 0.1) is 33.2 Å². The molecular formula is C22H32F6N4O9. The number of H-pyrrole nitrogens is 1.